The smallest absolute Gasteiger partial charge is 0.396 e. The van der Waals surface area contributed by atoms with Crippen molar-refractivity contribution in [3.63, 3.8) is 0 Å². The molecule has 0 bridgehead atoms. The van der Waals surface area contributed by atoms with Crippen LogP contribution >= 0.6 is 15.9 Å². The number of hydrogen-bond donors (Lipinski definition) is 2. The van der Waals surface area contributed by atoms with Crippen molar-refractivity contribution in [2.75, 3.05) is 11.1 Å². The topological polar surface area (TPSA) is 50.9 Å². The van der Waals surface area contributed by atoms with Gasteiger partial charge in [-0.1, -0.05) is 0 Å². The molecule has 2 rings (SSSR count). The van der Waals surface area contributed by atoms with Gasteiger partial charge in [-0.3, -0.25) is 0 Å². The highest BCUT2D eigenvalue weighted by Crippen LogP contribution is 2.35. The lowest BCUT2D eigenvalue weighted by atomic mass is 10.2. The van der Waals surface area contributed by atoms with Crippen LogP contribution in [0.5, 0.6) is 0 Å². The molecule has 0 spiro atoms. The molecule has 2 aromatic rings. The summed E-state index contributed by atoms with van der Waals surface area (Å²) in [5.74, 6) is 0.308. The number of anilines is 3. The van der Waals surface area contributed by atoms with Crippen molar-refractivity contribution in [3.8, 4) is 0 Å². The standard InChI is InChI=1S/C12H9BrF3N3/c13-8-4-3-7(12(14,15)16)6-10(8)19-11-9(17)2-1-5-18-11/h1-6H,17H2,(H,18,19). The van der Waals surface area contributed by atoms with Crippen LogP contribution in [0.1, 0.15) is 5.56 Å². The number of benzene rings is 1. The first-order valence-electron chi connectivity index (χ1n) is 5.22. The summed E-state index contributed by atoms with van der Waals surface area (Å²) in [5.41, 5.74) is 5.54. The normalized spacial score (nSPS) is 11.4. The van der Waals surface area contributed by atoms with Crippen LogP contribution in [-0.4, -0.2) is 4.98 Å². The third-order valence-corrected chi connectivity index (χ3v) is 3.08. The highest BCUT2D eigenvalue weighted by molar-refractivity contribution is 9.10. The molecule has 0 unspecified atom stereocenters. The minimum absolute atomic E-state index is 0.250. The molecule has 3 N–H and O–H groups in total. The van der Waals surface area contributed by atoms with Gasteiger partial charge in [0.05, 0.1) is 16.9 Å². The summed E-state index contributed by atoms with van der Waals surface area (Å²) in [5, 5.41) is 2.77. The molecule has 0 atom stereocenters. The predicted molar refractivity (Wildman–Crippen MR) is 71.1 cm³/mol. The number of hydrogen-bond acceptors (Lipinski definition) is 3. The van der Waals surface area contributed by atoms with Gasteiger partial charge in [0.1, 0.15) is 0 Å². The number of nitrogens with two attached hydrogens (primary N) is 1. The van der Waals surface area contributed by atoms with E-state index < -0.39 is 11.7 Å². The summed E-state index contributed by atoms with van der Waals surface area (Å²) in [6.07, 6.45) is -2.90. The lowest BCUT2D eigenvalue weighted by Gasteiger charge is -2.13. The Kier molecular flexibility index (Phi) is 3.66. The third-order valence-electron chi connectivity index (χ3n) is 2.39. The fourth-order valence-corrected chi connectivity index (χ4v) is 1.79. The average molecular weight is 332 g/mol. The molecule has 7 heteroatoms. The van der Waals surface area contributed by atoms with Crippen LogP contribution in [0.25, 0.3) is 0 Å². The first-order valence-corrected chi connectivity index (χ1v) is 6.01. The van der Waals surface area contributed by atoms with Crippen molar-refractivity contribution in [2.45, 2.75) is 6.18 Å². The number of aromatic nitrogens is 1. The van der Waals surface area contributed by atoms with E-state index in [2.05, 4.69) is 26.2 Å². The second kappa shape index (κ2) is 5.08. The zero-order chi connectivity index (χ0) is 14.0. The van der Waals surface area contributed by atoms with Gasteiger partial charge in [0.15, 0.2) is 5.82 Å². The first kappa shape index (κ1) is 13.7. The molecule has 0 saturated carbocycles. The summed E-state index contributed by atoms with van der Waals surface area (Å²) in [4.78, 5) is 3.97. The number of halogens is 4. The quantitative estimate of drug-likeness (QED) is 0.867. The Bertz CT molecular complexity index is 599. The number of alkyl halides is 3. The van der Waals surface area contributed by atoms with Crippen LogP contribution in [0.2, 0.25) is 0 Å². The molecule has 1 aromatic heterocycles. The molecular weight excluding hydrogens is 323 g/mol. The maximum Gasteiger partial charge on any atom is 0.416 e. The van der Waals surface area contributed by atoms with E-state index in [0.717, 1.165) is 12.1 Å². The van der Waals surface area contributed by atoms with Crippen molar-refractivity contribution in [1.29, 1.82) is 0 Å². The lowest BCUT2D eigenvalue weighted by Crippen LogP contribution is -2.06. The number of nitrogens with one attached hydrogen (secondary N) is 1. The van der Waals surface area contributed by atoms with E-state index in [4.69, 9.17) is 5.73 Å². The van der Waals surface area contributed by atoms with E-state index in [1.807, 2.05) is 0 Å². The van der Waals surface area contributed by atoms with Crippen LogP contribution in [0.4, 0.5) is 30.4 Å². The molecule has 0 amide bonds. The first-order chi connectivity index (χ1) is 8.88. The molecule has 0 aliphatic rings. The van der Waals surface area contributed by atoms with Crippen molar-refractivity contribution in [1.82, 2.24) is 4.98 Å². The minimum atomic E-state index is -4.40. The molecule has 1 heterocycles. The largest absolute Gasteiger partial charge is 0.416 e. The predicted octanol–water partition coefficient (Wildman–Crippen LogP) is 4.19. The van der Waals surface area contributed by atoms with Gasteiger partial charge in [-0.05, 0) is 46.3 Å². The Balaban J connectivity index is 2.38. The summed E-state index contributed by atoms with van der Waals surface area (Å²) in [6.45, 7) is 0. The molecule has 0 aliphatic carbocycles. The zero-order valence-corrected chi connectivity index (χ0v) is 11.1. The SMILES string of the molecule is Nc1cccnc1Nc1cc(C(F)(F)F)ccc1Br. The molecule has 0 aliphatic heterocycles. The molecule has 19 heavy (non-hydrogen) atoms. The van der Waals surface area contributed by atoms with Gasteiger partial charge < -0.3 is 11.1 Å². The van der Waals surface area contributed by atoms with Crippen molar-refractivity contribution in [3.05, 3.63) is 46.6 Å². The fraction of sp³-hybridized carbons (Fsp3) is 0.0833. The number of nitrogen functional groups attached to an aromatic ring is 1. The van der Waals surface area contributed by atoms with Gasteiger partial charge in [0, 0.05) is 10.7 Å². The second-order valence-electron chi connectivity index (χ2n) is 3.76. The summed E-state index contributed by atoms with van der Waals surface area (Å²) in [7, 11) is 0. The molecule has 0 fully saturated rings. The van der Waals surface area contributed by atoms with Gasteiger partial charge in [-0.15, -0.1) is 0 Å². The van der Waals surface area contributed by atoms with E-state index in [1.165, 1.54) is 12.3 Å². The van der Waals surface area contributed by atoms with Crippen LogP contribution in [0.15, 0.2) is 41.0 Å². The Morgan fingerprint density at radius 2 is 1.95 bits per heavy atom. The van der Waals surface area contributed by atoms with Crippen molar-refractivity contribution in [2.24, 2.45) is 0 Å². The molecule has 100 valence electrons. The van der Waals surface area contributed by atoms with E-state index in [-0.39, 0.29) is 5.69 Å². The summed E-state index contributed by atoms with van der Waals surface area (Å²) in [6, 6.07) is 6.57. The molecule has 3 nitrogen and oxygen atoms in total. The third kappa shape index (κ3) is 3.17. The van der Waals surface area contributed by atoms with E-state index >= 15 is 0 Å². The van der Waals surface area contributed by atoms with Gasteiger partial charge >= 0.3 is 6.18 Å². The van der Waals surface area contributed by atoms with E-state index in [9.17, 15) is 13.2 Å². The van der Waals surface area contributed by atoms with E-state index in [1.54, 1.807) is 12.1 Å². The highest BCUT2D eigenvalue weighted by atomic mass is 79.9. The monoisotopic (exact) mass is 331 g/mol. The highest BCUT2D eigenvalue weighted by Gasteiger charge is 2.30. The fourth-order valence-electron chi connectivity index (χ4n) is 1.45. The molecule has 0 radical (unpaired) electrons. The number of rotatable bonds is 2. The zero-order valence-electron chi connectivity index (χ0n) is 9.50. The molecule has 0 saturated heterocycles. The Morgan fingerprint density at radius 1 is 1.21 bits per heavy atom. The van der Waals surface area contributed by atoms with Gasteiger partial charge in [-0.25, -0.2) is 4.98 Å². The number of nitrogens with zero attached hydrogens (tertiary/aromatic N) is 1. The Hall–Kier alpha value is -1.76. The molecular formula is C12H9BrF3N3. The molecule has 1 aromatic carbocycles. The number of pyridine rings is 1. The van der Waals surface area contributed by atoms with Crippen LogP contribution in [0, 0.1) is 0 Å². The van der Waals surface area contributed by atoms with Gasteiger partial charge in [0.25, 0.3) is 0 Å². The van der Waals surface area contributed by atoms with Gasteiger partial charge in [0.2, 0.25) is 0 Å². The summed E-state index contributed by atoms with van der Waals surface area (Å²) >= 11 is 3.18. The summed E-state index contributed by atoms with van der Waals surface area (Å²) < 4.78 is 38.4. The second-order valence-corrected chi connectivity index (χ2v) is 4.61. The lowest BCUT2D eigenvalue weighted by molar-refractivity contribution is -0.137. The average Bonchev–Trinajstić information content (AvgIpc) is 2.33. The maximum atomic E-state index is 12.6. The van der Waals surface area contributed by atoms with Crippen LogP contribution in [-0.2, 0) is 6.18 Å². The Labute approximate surface area is 115 Å². The Morgan fingerprint density at radius 3 is 2.58 bits per heavy atom. The van der Waals surface area contributed by atoms with Crippen LogP contribution < -0.4 is 11.1 Å². The van der Waals surface area contributed by atoms with Crippen molar-refractivity contribution < 1.29 is 13.2 Å². The minimum Gasteiger partial charge on any atom is -0.396 e. The maximum absolute atomic E-state index is 12.6. The van der Waals surface area contributed by atoms with Crippen LogP contribution in [0.3, 0.4) is 0 Å². The van der Waals surface area contributed by atoms with Gasteiger partial charge in [-0.2, -0.15) is 13.2 Å². The van der Waals surface area contributed by atoms with Crippen molar-refractivity contribution >= 4 is 33.1 Å². The van der Waals surface area contributed by atoms with E-state index in [0.29, 0.717) is 16.0 Å².